The summed E-state index contributed by atoms with van der Waals surface area (Å²) in [7, 11) is 0. The van der Waals surface area contributed by atoms with E-state index in [1.54, 1.807) is 43.3 Å². The quantitative estimate of drug-likeness (QED) is 0.381. The van der Waals surface area contributed by atoms with Gasteiger partial charge in [-0.1, -0.05) is 37.2 Å². The molecular formula is C22H24N2O4S. The maximum absolute atomic E-state index is 12.6. The molecule has 29 heavy (non-hydrogen) atoms. The summed E-state index contributed by atoms with van der Waals surface area (Å²) in [5, 5.41) is 3.29. The van der Waals surface area contributed by atoms with E-state index in [1.165, 1.54) is 11.3 Å². The summed E-state index contributed by atoms with van der Waals surface area (Å²) >= 11 is 1.31. The molecule has 0 aliphatic carbocycles. The Morgan fingerprint density at radius 2 is 1.93 bits per heavy atom. The van der Waals surface area contributed by atoms with Crippen LogP contribution in [0.5, 0.6) is 5.75 Å². The minimum atomic E-state index is -0.371. The molecule has 0 bridgehead atoms. The number of nitrogens with zero attached hydrogens (tertiary/aromatic N) is 1. The van der Waals surface area contributed by atoms with Gasteiger partial charge >= 0.3 is 5.97 Å². The molecule has 0 unspecified atom stereocenters. The average molecular weight is 413 g/mol. The first kappa shape index (κ1) is 20.8. The molecule has 1 heterocycles. The minimum absolute atomic E-state index is 0.256. The Hall–Kier alpha value is -2.93. The Bertz CT molecular complexity index is 999. The van der Waals surface area contributed by atoms with Crippen LogP contribution in [0, 0.1) is 0 Å². The Morgan fingerprint density at radius 3 is 2.72 bits per heavy atom. The molecule has 1 aromatic heterocycles. The highest BCUT2D eigenvalue weighted by Gasteiger charge is 2.13. The number of carbonyl (C=O) groups excluding carboxylic acids is 2. The number of rotatable bonds is 9. The first-order valence-corrected chi connectivity index (χ1v) is 10.5. The number of hydrogen-bond donors (Lipinski definition) is 1. The molecule has 2 aromatic carbocycles. The molecular weight excluding hydrogens is 388 g/mol. The van der Waals surface area contributed by atoms with Gasteiger partial charge in [0.25, 0.3) is 5.91 Å². The van der Waals surface area contributed by atoms with Gasteiger partial charge in [-0.15, -0.1) is 0 Å². The van der Waals surface area contributed by atoms with Gasteiger partial charge in [0.2, 0.25) is 0 Å². The zero-order chi connectivity index (χ0) is 20.6. The highest BCUT2D eigenvalue weighted by atomic mass is 32.1. The molecule has 0 spiro atoms. The lowest BCUT2D eigenvalue weighted by molar-refractivity contribution is 0.0526. The summed E-state index contributed by atoms with van der Waals surface area (Å²) < 4.78 is 11.5. The zero-order valence-electron chi connectivity index (χ0n) is 16.6. The Labute approximate surface area is 173 Å². The molecule has 3 rings (SSSR count). The number of thiazole rings is 1. The highest BCUT2D eigenvalue weighted by molar-refractivity contribution is 7.22. The Balaban J connectivity index is 1.68. The van der Waals surface area contributed by atoms with E-state index in [-0.39, 0.29) is 11.9 Å². The lowest BCUT2D eigenvalue weighted by Crippen LogP contribution is -2.11. The predicted molar refractivity (Wildman–Crippen MR) is 115 cm³/mol. The lowest BCUT2D eigenvalue weighted by Gasteiger charge is -2.07. The highest BCUT2D eigenvalue weighted by Crippen LogP contribution is 2.27. The van der Waals surface area contributed by atoms with Crippen LogP contribution in [0.3, 0.4) is 0 Å². The number of nitrogens with one attached hydrogen (secondary N) is 1. The van der Waals surface area contributed by atoms with Gasteiger partial charge in [-0.2, -0.15) is 0 Å². The monoisotopic (exact) mass is 412 g/mol. The Morgan fingerprint density at radius 1 is 1.07 bits per heavy atom. The van der Waals surface area contributed by atoms with Crippen molar-refractivity contribution in [3.05, 3.63) is 53.6 Å². The van der Waals surface area contributed by atoms with Gasteiger partial charge in [0, 0.05) is 5.56 Å². The summed E-state index contributed by atoms with van der Waals surface area (Å²) in [5.74, 6) is 0.0509. The number of ether oxygens (including phenoxy) is 2. The van der Waals surface area contributed by atoms with E-state index in [9.17, 15) is 9.59 Å². The molecule has 1 N–H and O–H groups in total. The van der Waals surface area contributed by atoms with Crippen LogP contribution in [0.2, 0.25) is 0 Å². The van der Waals surface area contributed by atoms with Gasteiger partial charge < -0.3 is 9.47 Å². The van der Waals surface area contributed by atoms with E-state index in [4.69, 9.17) is 9.47 Å². The van der Waals surface area contributed by atoms with E-state index in [1.807, 2.05) is 6.07 Å². The van der Waals surface area contributed by atoms with Crippen molar-refractivity contribution in [2.45, 2.75) is 33.1 Å². The van der Waals surface area contributed by atoms with Crippen molar-refractivity contribution < 1.29 is 19.1 Å². The van der Waals surface area contributed by atoms with Crippen LogP contribution in [0.25, 0.3) is 10.2 Å². The number of fused-ring (bicyclic) bond motifs is 1. The fourth-order valence-corrected chi connectivity index (χ4v) is 3.66. The normalized spacial score (nSPS) is 10.7. The third-order valence-corrected chi connectivity index (χ3v) is 5.17. The van der Waals surface area contributed by atoms with Crippen LogP contribution in [0.15, 0.2) is 42.5 Å². The van der Waals surface area contributed by atoms with Crippen molar-refractivity contribution in [3.8, 4) is 5.75 Å². The number of anilines is 1. The summed E-state index contributed by atoms with van der Waals surface area (Å²) in [4.78, 5) is 28.9. The van der Waals surface area contributed by atoms with Gasteiger partial charge in [-0.05, 0) is 49.7 Å². The topological polar surface area (TPSA) is 77.5 Å². The lowest BCUT2D eigenvalue weighted by atomic mass is 10.2. The molecule has 3 aromatic rings. The minimum Gasteiger partial charge on any atom is -0.494 e. The van der Waals surface area contributed by atoms with E-state index in [2.05, 4.69) is 17.2 Å². The fourth-order valence-electron chi connectivity index (χ4n) is 2.76. The number of unbranched alkanes of at least 4 members (excludes halogenated alkanes) is 2. The van der Waals surface area contributed by atoms with E-state index in [0.717, 1.165) is 24.0 Å². The summed E-state index contributed by atoms with van der Waals surface area (Å²) in [6.45, 7) is 4.87. The molecule has 0 radical (unpaired) electrons. The predicted octanol–water partition coefficient (Wildman–Crippen LogP) is 5.29. The number of carbonyl (C=O) groups is 2. The molecule has 1 amide bonds. The molecule has 6 nitrogen and oxygen atoms in total. The molecule has 0 saturated heterocycles. The van der Waals surface area contributed by atoms with Gasteiger partial charge in [-0.3, -0.25) is 10.1 Å². The van der Waals surface area contributed by atoms with Crippen molar-refractivity contribution in [2.24, 2.45) is 0 Å². The van der Waals surface area contributed by atoms with Crippen LogP contribution in [0.1, 0.15) is 53.8 Å². The van der Waals surface area contributed by atoms with Crippen molar-refractivity contribution >= 4 is 38.6 Å². The van der Waals surface area contributed by atoms with Gasteiger partial charge in [-0.25, -0.2) is 9.78 Å². The smallest absolute Gasteiger partial charge is 0.338 e. The largest absolute Gasteiger partial charge is 0.494 e. The van der Waals surface area contributed by atoms with E-state index >= 15 is 0 Å². The van der Waals surface area contributed by atoms with Crippen molar-refractivity contribution in [1.29, 1.82) is 0 Å². The Kier molecular flexibility index (Phi) is 7.19. The van der Waals surface area contributed by atoms with Crippen molar-refractivity contribution in [2.75, 3.05) is 18.5 Å². The first-order valence-electron chi connectivity index (χ1n) is 9.72. The number of aromatic nitrogens is 1. The maximum Gasteiger partial charge on any atom is 0.338 e. The van der Waals surface area contributed by atoms with Crippen molar-refractivity contribution in [1.82, 2.24) is 4.98 Å². The first-order chi connectivity index (χ1) is 14.1. The van der Waals surface area contributed by atoms with E-state index < -0.39 is 0 Å². The third kappa shape index (κ3) is 5.54. The van der Waals surface area contributed by atoms with Crippen LogP contribution in [-0.4, -0.2) is 30.1 Å². The molecule has 0 atom stereocenters. The molecule has 0 aliphatic rings. The van der Waals surface area contributed by atoms with Gasteiger partial charge in [0.15, 0.2) is 5.13 Å². The SMILES string of the molecule is CCCCCOc1cccc(C(=O)Nc2nc3ccc(C(=O)OCC)cc3s2)c1. The fraction of sp³-hybridized carbons (Fsp3) is 0.318. The second-order valence-electron chi connectivity index (χ2n) is 6.46. The van der Waals surface area contributed by atoms with E-state index in [0.29, 0.717) is 40.7 Å². The third-order valence-electron chi connectivity index (χ3n) is 4.23. The van der Waals surface area contributed by atoms with Crippen molar-refractivity contribution in [3.63, 3.8) is 0 Å². The second kappa shape index (κ2) is 10.0. The average Bonchev–Trinajstić information content (AvgIpc) is 3.13. The molecule has 7 heteroatoms. The molecule has 0 fully saturated rings. The van der Waals surface area contributed by atoms with Crippen LogP contribution in [0.4, 0.5) is 5.13 Å². The standard InChI is InChI=1S/C22H24N2O4S/c1-3-5-6-12-28-17-9-7-8-15(13-17)20(25)24-22-23-18-11-10-16(14-19(18)29-22)21(26)27-4-2/h7-11,13-14H,3-6,12H2,1-2H3,(H,23,24,25). The number of esters is 1. The van der Waals surface area contributed by atoms with Crippen LogP contribution >= 0.6 is 11.3 Å². The molecule has 152 valence electrons. The number of amides is 1. The molecule has 0 saturated carbocycles. The molecule has 0 aliphatic heterocycles. The summed E-state index contributed by atoms with van der Waals surface area (Å²) in [6.07, 6.45) is 3.25. The summed E-state index contributed by atoms with van der Waals surface area (Å²) in [6, 6.07) is 12.3. The van der Waals surface area contributed by atoms with Gasteiger partial charge in [0.1, 0.15) is 5.75 Å². The zero-order valence-corrected chi connectivity index (χ0v) is 17.4. The van der Waals surface area contributed by atoms with Crippen LogP contribution < -0.4 is 10.1 Å². The van der Waals surface area contributed by atoms with Crippen LogP contribution in [-0.2, 0) is 4.74 Å². The second-order valence-corrected chi connectivity index (χ2v) is 7.49. The maximum atomic E-state index is 12.6. The number of benzene rings is 2. The number of hydrogen-bond acceptors (Lipinski definition) is 6. The van der Waals surface area contributed by atoms with Gasteiger partial charge in [0.05, 0.1) is 29.0 Å². The summed E-state index contributed by atoms with van der Waals surface area (Å²) in [5.41, 5.74) is 1.68.